The lowest BCUT2D eigenvalue weighted by molar-refractivity contribution is -0.0979. The first-order valence-corrected chi connectivity index (χ1v) is 11.1. The van der Waals surface area contributed by atoms with Crippen LogP contribution in [0.25, 0.3) is 10.2 Å². The summed E-state index contributed by atoms with van der Waals surface area (Å²) in [6, 6.07) is 10.4. The summed E-state index contributed by atoms with van der Waals surface area (Å²) in [5.41, 5.74) is 13.1. The number of carbonyl (C=O) groups excluding carboxylic acids is 1. The van der Waals surface area contributed by atoms with Crippen LogP contribution in [0.15, 0.2) is 42.7 Å². The first kappa shape index (κ1) is 25.9. The van der Waals surface area contributed by atoms with E-state index in [1.54, 1.807) is 12.4 Å². The van der Waals surface area contributed by atoms with E-state index >= 15 is 0 Å². The van der Waals surface area contributed by atoms with Crippen molar-refractivity contribution in [2.24, 2.45) is 22.8 Å². The molecule has 0 saturated carbocycles. The Labute approximate surface area is 184 Å². The molecule has 6 heteroatoms. The monoisotopic (exact) mass is 428 g/mol. The average molecular weight is 429 g/mol. The molecular formula is C24H36N4OS. The second-order valence-corrected chi connectivity index (χ2v) is 9.49. The van der Waals surface area contributed by atoms with Gasteiger partial charge in [0.15, 0.2) is 0 Å². The van der Waals surface area contributed by atoms with E-state index in [4.69, 9.17) is 21.2 Å². The van der Waals surface area contributed by atoms with Crippen molar-refractivity contribution < 1.29 is 4.79 Å². The first-order valence-electron chi connectivity index (χ1n) is 10.3. The quantitative estimate of drug-likeness (QED) is 0.592. The van der Waals surface area contributed by atoms with Crippen molar-refractivity contribution in [3.8, 4) is 0 Å². The van der Waals surface area contributed by atoms with E-state index < -0.39 is 0 Å². The molecule has 1 aliphatic carbocycles. The van der Waals surface area contributed by atoms with Crippen LogP contribution in [-0.2, 0) is 17.6 Å². The number of fused-ring (bicyclic) bond motifs is 2. The number of hydrogen-bond acceptors (Lipinski definition) is 6. The third-order valence-corrected chi connectivity index (χ3v) is 5.91. The molecule has 164 valence electrons. The summed E-state index contributed by atoms with van der Waals surface area (Å²) in [4.78, 5) is 19.2. The molecule has 1 aliphatic rings. The van der Waals surface area contributed by atoms with Crippen molar-refractivity contribution in [2.75, 3.05) is 13.1 Å². The van der Waals surface area contributed by atoms with Crippen LogP contribution in [0.1, 0.15) is 43.3 Å². The lowest BCUT2D eigenvalue weighted by Crippen LogP contribution is -2.27. The topological polar surface area (TPSA) is 94.9 Å². The van der Waals surface area contributed by atoms with Gasteiger partial charge in [0.25, 0.3) is 0 Å². The number of nitrogens with two attached hydrogens (primary N) is 2. The van der Waals surface area contributed by atoms with Gasteiger partial charge in [-0.1, -0.05) is 26.8 Å². The summed E-state index contributed by atoms with van der Waals surface area (Å²) in [5.74, 6) is 0.795. The highest BCUT2D eigenvalue weighted by atomic mass is 32.1. The maximum absolute atomic E-state index is 8.00. The van der Waals surface area contributed by atoms with Gasteiger partial charge in [-0.2, -0.15) is 0 Å². The minimum absolute atomic E-state index is 0.414. The molecule has 3 aromatic rings. The Bertz CT molecular complexity index is 830. The predicted molar refractivity (Wildman–Crippen MR) is 129 cm³/mol. The lowest BCUT2D eigenvalue weighted by Gasteiger charge is -2.34. The summed E-state index contributed by atoms with van der Waals surface area (Å²) in [6.45, 7) is 12.5. The molecule has 30 heavy (non-hydrogen) atoms. The van der Waals surface area contributed by atoms with Gasteiger partial charge in [-0.05, 0) is 67.3 Å². The fourth-order valence-corrected chi connectivity index (χ4v) is 4.18. The van der Waals surface area contributed by atoms with E-state index in [0.717, 1.165) is 12.3 Å². The number of aryl methyl sites for hydroxylation is 2. The molecule has 4 rings (SSSR count). The Morgan fingerprint density at radius 1 is 1.10 bits per heavy atom. The second kappa shape index (κ2) is 13.2. The van der Waals surface area contributed by atoms with Crippen molar-refractivity contribution in [3.05, 3.63) is 58.9 Å². The number of nitrogens with zero attached hydrogens (tertiary/aromatic N) is 2. The Morgan fingerprint density at radius 2 is 1.73 bits per heavy atom. The van der Waals surface area contributed by atoms with Crippen molar-refractivity contribution >= 4 is 28.3 Å². The Hall–Kier alpha value is -2.15. The fraction of sp³-hybridized carbons (Fsp3) is 0.458. The molecule has 3 aromatic heterocycles. The van der Waals surface area contributed by atoms with Crippen LogP contribution in [0.2, 0.25) is 0 Å². The van der Waals surface area contributed by atoms with Crippen LogP contribution < -0.4 is 11.5 Å². The van der Waals surface area contributed by atoms with Crippen molar-refractivity contribution in [1.82, 2.24) is 9.97 Å². The highest BCUT2D eigenvalue weighted by Crippen LogP contribution is 2.38. The van der Waals surface area contributed by atoms with E-state index in [2.05, 4.69) is 44.8 Å². The summed E-state index contributed by atoms with van der Waals surface area (Å²) >= 11 is 1.82. The van der Waals surface area contributed by atoms with E-state index in [-0.39, 0.29) is 0 Å². The number of thiophene rings is 1. The van der Waals surface area contributed by atoms with Gasteiger partial charge in [0, 0.05) is 41.4 Å². The fourth-order valence-electron chi connectivity index (χ4n) is 3.30. The van der Waals surface area contributed by atoms with Crippen LogP contribution in [-0.4, -0.2) is 29.8 Å². The molecule has 5 nitrogen and oxygen atoms in total. The van der Waals surface area contributed by atoms with Crippen LogP contribution in [0.5, 0.6) is 0 Å². The zero-order valence-corrected chi connectivity index (χ0v) is 19.5. The highest BCUT2D eigenvalue weighted by Gasteiger charge is 2.29. The van der Waals surface area contributed by atoms with Crippen LogP contribution in [0, 0.1) is 18.3 Å². The van der Waals surface area contributed by atoms with Crippen molar-refractivity contribution in [1.29, 1.82) is 0 Å². The van der Waals surface area contributed by atoms with Gasteiger partial charge in [-0.3, -0.25) is 4.98 Å². The molecule has 0 aromatic carbocycles. The third kappa shape index (κ3) is 8.30. The normalized spacial score (nSPS) is 14.8. The zero-order valence-electron chi connectivity index (χ0n) is 18.7. The van der Waals surface area contributed by atoms with Gasteiger partial charge >= 0.3 is 0 Å². The summed E-state index contributed by atoms with van der Waals surface area (Å²) < 4.78 is 0. The minimum atomic E-state index is 0.414. The highest BCUT2D eigenvalue weighted by molar-refractivity contribution is 7.18. The van der Waals surface area contributed by atoms with E-state index in [1.807, 2.05) is 36.3 Å². The van der Waals surface area contributed by atoms with Gasteiger partial charge < -0.3 is 16.3 Å². The Morgan fingerprint density at radius 3 is 2.20 bits per heavy atom. The van der Waals surface area contributed by atoms with Gasteiger partial charge in [0.2, 0.25) is 0 Å². The van der Waals surface area contributed by atoms with E-state index in [1.165, 1.54) is 39.2 Å². The largest absolute Gasteiger partial charge is 0.329 e. The maximum Gasteiger partial charge on any atom is 0.123 e. The standard InChI is InChI=1S/C16H21NS.C5H5N.C2H8N2.CH2O/c1-10-7-12-8-11-9-13(16(2,3)4)5-6-14(11)17-15(12)18-10;1-2-4-6-5-3-1;3-1-2-4;1-2/h7-8,13H,5-6,9H2,1-4H3;1-5H;1-4H2;1H2. The van der Waals surface area contributed by atoms with Gasteiger partial charge in [-0.15, -0.1) is 11.3 Å². The zero-order chi connectivity index (χ0) is 22.6. The molecule has 0 bridgehead atoms. The second-order valence-electron chi connectivity index (χ2n) is 8.25. The molecular weight excluding hydrogens is 392 g/mol. The predicted octanol–water partition coefficient (Wildman–Crippen LogP) is 4.56. The maximum atomic E-state index is 8.00. The summed E-state index contributed by atoms with van der Waals surface area (Å²) in [5, 5.41) is 1.34. The van der Waals surface area contributed by atoms with Crippen molar-refractivity contribution in [2.45, 2.75) is 47.0 Å². The third-order valence-electron chi connectivity index (χ3n) is 4.95. The van der Waals surface area contributed by atoms with E-state index in [0.29, 0.717) is 18.5 Å². The number of carbonyl (C=O) groups is 1. The molecule has 4 N–H and O–H groups in total. The minimum Gasteiger partial charge on any atom is -0.329 e. The smallest absolute Gasteiger partial charge is 0.123 e. The molecule has 3 heterocycles. The lowest BCUT2D eigenvalue weighted by atomic mass is 9.71. The number of aromatic nitrogens is 2. The Balaban J connectivity index is 0.000000310. The molecule has 1 atom stereocenters. The number of hydrogen-bond donors (Lipinski definition) is 2. The van der Waals surface area contributed by atoms with Crippen LogP contribution >= 0.6 is 11.3 Å². The molecule has 0 radical (unpaired) electrons. The SMILES string of the molecule is C=O.Cc1cc2cc3c(nc2s1)CCC(C(C)(C)C)C3.NCCN.c1ccncc1. The number of pyridine rings is 2. The van der Waals surface area contributed by atoms with Gasteiger partial charge in [0.05, 0.1) is 0 Å². The van der Waals surface area contributed by atoms with Crippen LogP contribution in [0.4, 0.5) is 0 Å². The first-order chi connectivity index (χ1) is 14.3. The van der Waals surface area contributed by atoms with Crippen LogP contribution in [0.3, 0.4) is 0 Å². The molecule has 0 fully saturated rings. The molecule has 1 unspecified atom stereocenters. The summed E-state index contributed by atoms with van der Waals surface area (Å²) in [6.07, 6.45) is 7.15. The Kier molecular flexibility index (Phi) is 11.4. The van der Waals surface area contributed by atoms with Gasteiger partial charge in [-0.25, -0.2) is 4.98 Å². The molecule has 0 saturated heterocycles. The van der Waals surface area contributed by atoms with Gasteiger partial charge in [0.1, 0.15) is 11.6 Å². The molecule has 0 aliphatic heterocycles. The van der Waals surface area contributed by atoms with Crippen molar-refractivity contribution in [3.63, 3.8) is 0 Å². The van der Waals surface area contributed by atoms with E-state index in [9.17, 15) is 0 Å². The molecule has 0 spiro atoms. The average Bonchev–Trinajstić information content (AvgIpc) is 3.13. The number of rotatable bonds is 1. The summed E-state index contributed by atoms with van der Waals surface area (Å²) in [7, 11) is 0. The molecule has 0 amide bonds.